The summed E-state index contributed by atoms with van der Waals surface area (Å²) in [6, 6.07) is 8.70. The molecule has 2 N–H and O–H groups in total. The Morgan fingerprint density at radius 3 is 2.76 bits per heavy atom. The summed E-state index contributed by atoms with van der Waals surface area (Å²) >= 11 is 5.97. The standard InChI is InChI=1S/C22H22ClN3O6S/c1-12(15-7-3-5-13-6-4-8-16(13)15)19(20-24-25-22(28)32-20)26-33(29,30)18-10-9-14(23)11-17(18)21(27)31-2/h3,5,7,9-12,19,26H,4,6,8H2,1-2H3,(H,25,28). The number of H-pyrrole nitrogens is 1. The maximum Gasteiger partial charge on any atom is 0.434 e. The quantitative estimate of drug-likeness (QED) is 0.485. The smallest absolute Gasteiger partial charge is 0.434 e. The van der Waals surface area contributed by atoms with E-state index >= 15 is 0 Å². The van der Waals surface area contributed by atoms with Gasteiger partial charge in [0.2, 0.25) is 15.9 Å². The minimum absolute atomic E-state index is 0.111. The Hall–Kier alpha value is -2.95. The first-order chi connectivity index (χ1) is 15.7. The molecule has 0 radical (unpaired) electrons. The van der Waals surface area contributed by atoms with E-state index in [9.17, 15) is 18.0 Å². The van der Waals surface area contributed by atoms with Crippen LogP contribution in [0.25, 0.3) is 0 Å². The lowest BCUT2D eigenvalue weighted by Gasteiger charge is -2.25. The zero-order chi connectivity index (χ0) is 23.8. The minimum atomic E-state index is -4.29. The van der Waals surface area contributed by atoms with E-state index in [1.54, 1.807) is 0 Å². The maximum atomic E-state index is 13.4. The van der Waals surface area contributed by atoms with Gasteiger partial charge >= 0.3 is 11.7 Å². The molecule has 3 aromatic rings. The van der Waals surface area contributed by atoms with Gasteiger partial charge in [-0.05, 0) is 54.2 Å². The van der Waals surface area contributed by atoms with Crippen molar-refractivity contribution in [3.63, 3.8) is 0 Å². The fourth-order valence-electron chi connectivity index (χ4n) is 4.23. The lowest BCUT2D eigenvalue weighted by atomic mass is 9.88. The fourth-order valence-corrected chi connectivity index (χ4v) is 5.85. The number of fused-ring (bicyclic) bond motifs is 1. The van der Waals surface area contributed by atoms with Gasteiger partial charge in [-0.3, -0.25) is 0 Å². The zero-order valence-electron chi connectivity index (χ0n) is 17.9. The molecule has 2 atom stereocenters. The highest BCUT2D eigenvalue weighted by Crippen LogP contribution is 2.37. The number of aromatic nitrogens is 2. The van der Waals surface area contributed by atoms with Crippen LogP contribution in [0.5, 0.6) is 0 Å². The van der Waals surface area contributed by atoms with E-state index in [0.29, 0.717) is 0 Å². The van der Waals surface area contributed by atoms with Crippen LogP contribution in [0.2, 0.25) is 5.02 Å². The lowest BCUT2D eigenvalue weighted by molar-refractivity contribution is 0.0596. The number of esters is 1. The molecule has 11 heteroatoms. The minimum Gasteiger partial charge on any atom is -0.465 e. The van der Waals surface area contributed by atoms with Gasteiger partial charge in [-0.2, -0.15) is 4.72 Å². The molecular formula is C22H22ClN3O6S. The monoisotopic (exact) mass is 491 g/mol. The number of halogens is 1. The number of methoxy groups -OCH3 is 1. The van der Waals surface area contributed by atoms with Gasteiger partial charge in [-0.15, -0.1) is 5.10 Å². The molecule has 9 nitrogen and oxygen atoms in total. The topological polar surface area (TPSA) is 131 Å². The number of sulfonamides is 1. The summed E-state index contributed by atoms with van der Waals surface area (Å²) in [6.07, 6.45) is 2.85. The highest BCUT2D eigenvalue weighted by molar-refractivity contribution is 7.89. The molecule has 0 amide bonds. The van der Waals surface area contributed by atoms with Gasteiger partial charge in [0.25, 0.3) is 0 Å². The van der Waals surface area contributed by atoms with Crippen molar-refractivity contribution in [1.29, 1.82) is 0 Å². The van der Waals surface area contributed by atoms with Crippen molar-refractivity contribution in [3.05, 3.63) is 80.1 Å². The van der Waals surface area contributed by atoms with Crippen LogP contribution in [0.3, 0.4) is 0 Å². The number of rotatable bonds is 7. The Balaban J connectivity index is 1.78. The molecule has 174 valence electrons. The van der Waals surface area contributed by atoms with E-state index in [1.165, 1.54) is 23.8 Å². The van der Waals surface area contributed by atoms with E-state index in [-0.39, 0.29) is 21.4 Å². The first kappa shape index (κ1) is 23.2. The van der Waals surface area contributed by atoms with Crippen LogP contribution >= 0.6 is 11.6 Å². The van der Waals surface area contributed by atoms with Crippen LogP contribution < -0.4 is 10.5 Å². The largest absolute Gasteiger partial charge is 0.465 e. The van der Waals surface area contributed by atoms with Gasteiger partial charge in [0.05, 0.1) is 17.6 Å². The number of nitrogens with one attached hydrogen (secondary N) is 2. The Morgan fingerprint density at radius 2 is 2.06 bits per heavy atom. The molecular weight excluding hydrogens is 470 g/mol. The summed E-state index contributed by atoms with van der Waals surface area (Å²) in [5.41, 5.74) is 3.10. The summed E-state index contributed by atoms with van der Waals surface area (Å²) < 4.78 is 39.3. The van der Waals surface area contributed by atoms with E-state index in [1.807, 2.05) is 19.1 Å². The van der Waals surface area contributed by atoms with E-state index in [4.69, 9.17) is 20.8 Å². The van der Waals surface area contributed by atoms with Crippen molar-refractivity contribution in [1.82, 2.24) is 14.9 Å². The molecule has 1 aromatic heterocycles. The van der Waals surface area contributed by atoms with Gasteiger partial charge in [0, 0.05) is 10.9 Å². The molecule has 0 saturated heterocycles. The highest BCUT2D eigenvalue weighted by Gasteiger charge is 2.34. The second-order valence-electron chi connectivity index (χ2n) is 7.81. The molecule has 33 heavy (non-hydrogen) atoms. The van der Waals surface area contributed by atoms with Crippen LogP contribution in [0.15, 0.2) is 50.5 Å². The Kier molecular flexibility index (Phi) is 6.42. The summed E-state index contributed by atoms with van der Waals surface area (Å²) in [6.45, 7) is 1.83. The Bertz CT molecular complexity index is 1360. The maximum absolute atomic E-state index is 13.4. The first-order valence-electron chi connectivity index (χ1n) is 10.3. The van der Waals surface area contributed by atoms with Crippen molar-refractivity contribution in [2.45, 2.75) is 43.0 Å². The average molecular weight is 492 g/mol. The van der Waals surface area contributed by atoms with Gasteiger partial charge < -0.3 is 9.15 Å². The Morgan fingerprint density at radius 1 is 1.27 bits per heavy atom. The van der Waals surface area contributed by atoms with Gasteiger partial charge in [0.15, 0.2) is 0 Å². The fraction of sp³-hybridized carbons (Fsp3) is 0.318. The predicted octanol–water partition coefficient (Wildman–Crippen LogP) is 3.11. The van der Waals surface area contributed by atoms with Crippen molar-refractivity contribution >= 4 is 27.6 Å². The number of hydrogen-bond donors (Lipinski definition) is 2. The van der Waals surface area contributed by atoms with Gasteiger partial charge in [-0.25, -0.2) is 23.1 Å². The summed E-state index contributed by atoms with van der Waals surface area (Å²) in [5.74, 6) is -2.20. The Labute approximate surface area is 195 Å². The second kappa shape index (κ2) is 9.12. The number of benzene rings is 2. The molecule has 2 aromatic carbocycles. The average Bonchev–Trinajstić information content (AvgIpc) is 3.45. The highest BCUT2D eigenvalue weighted by atomic mass is 35.5. The number of hydrogen-bond acceptors (Lipinski definition) is 7. The number of aryl methyl sites for hydroxylation is 1. The molecule has 1 aliphatic carbocycles. The number of carbonyl (C=O) groups is 1. The molecule has 2 unspecified atom stereocenters. The van der Waals surface area contributed by atoms with E-state index in [2.05, 4.69) is 21.0 Å². The first-order valence-corrected chi connectivity index (χ1v) is 12.1. The van der Waals surface area contributed by atoms with E-state index < -0.39 is 33.7 Å². The normalized spacial score (nSPS) is 15.1. The van der Waals surface area contributed by atoms with Crippen LogP contribution in [-0.2, 0) is 27.6 Å². The zero-order valence-corrected chi connectivity index (χ0v) is 19.5. The summed E-state index contributed by atoms with van der Waals surface area (Å²) in [5, 5.41) is 6.24. The molecule has 1 heterocycles. The predicted molar refractivity (Wildman–Crippen MR) is 120 cm³/mol. The summed E-state index contributed by atoms with van der Waals surface area (Å²) in [7, 11) is -3.15. The van der Waals surface area contributed by atoms with Crippen molar-refractivity contribution in [2.24, 2.45) is 0 Å². The molecule has 0 bridgehead atoms. The van der Waals surface area contributed by atoms with Crippen LogP contribution in [0.4, 0.5) is 0 Å². The molecule has 4 rings (SSSR count). The second-order valence-corrected chi connectivity index (χ2v) is 9.93. The number of carbonyl (C=O) groups excluding carboxylic acids is 1. The molecule has 0 aliphatic heterocycles. The third-order valence-electron chi connectivity index (χ3n) is 5.81. The summed E-state index contributed by atoms with van der Waals surface area (Å²) in [4.78, 5) is 23.6. The van der Waals surface area contributed by atoms with Crippen molar-refractivity contribution in [3.8, 4) is 0 Å². The van der Waals surface area contributed by atoms with Crippen LogP contribution in [0, 0.1) is 0 Å². The third kappa shape index (κ3) is 4.59. The number of aromatic amines is 1. The van der Waals surface area contributed by atoms with Crippen LogP contribution in [0.1, 0.15) is 58.2 Å². The van der Waals surface area contributed by atoms with Crippen molar-refractivity contribution < 1.29 is 22.4 Å². The van der Waals surface area contributed by atoms with Crippen molar-refractivity contribution in [2.75, 3.05) is 7.11 Å². The molecule has 0 spiro atoms. The van der Waals surface area contributed by atoms with Gasteiger partial charge in [-0.1, -0.05) is 36.7 Å². The number of ether oxygens (including phenoxy) is 1. The molecule has 0 fully saturated rings. The molecule has 1 aliphatic rings. The SMILES string of the molecule is COC(=O)c1cc(Cl)ccc1S(=O)(=O)NC(c1n[nH]c(=O)o1)C(C)c1cccc2c1CCC2. The molecule has 0 saturated carbocycles. The van der Waals surface area contributed by atoms with E-state index in [0.717, 1.165) is 37.5 Å². The van der Waals surface area contributed by atoms with Crippen LogP contribution in [-0.4, -0.2) is 31.7 Å². The third-order valence-corrected chi connectivity index (χ3v) is 7.55. The lowest BCUT2D eigenvalue weighted by Crippen LogP contribution is -2.33. The number of nitrogens with zero attached hydrogens (tertiary/aromatic N) is 1. The van der Waals surface area contributed by atoms with Gasteiger partial charge in [0.1, 0.15) is 6.04 Å².